The minimum atomic E-state index is -5.42. The second-order valence-corrected chi connectivity index (χ2v) is 60.4. The topological polar surface area (TPSA) is 0 Å². The van der Waals surface area contributed by atoms with Gasteiger partial charge in [0.1, 0.15) is 0 Å². The van der Waals surface area contributed by atoms with Crippen molar-refractivity contribution in [2.24, 2.45) is 0 Å². The molecule has 0 atom stereocenters. The van der Waals surface area contributed by atoms with Crippen LogP contribution in [0, 0.1) is 4.84 Å². The van der Waals surface area contributed by atoms with Crippen LogP contribution in [0.25, 0.3) is 0 Å². The van der Waals surface area contributed by atoms with E-state index in [1.807, 2.05) is 30.3 Å². The quantitative estimate of drug-likeness (QED) is 0.299. The molecular weight excluding hydrogens is 489 g/mol. The Morgan fingerprint density at radius 2 is 1.06 bits per heavy atom. The van der Waals surface area contributed by atoms with E-state index in [2.05, 4.69) is 0 Å². The molecule has 0 heterocycles. The van der Waals surface area contributed by atoms with Gasteiger partial charge in [-0.15, -0.1) is 0 Å². The van der Waals surface area contributed by atoms with Gasteiger partial charge < -0.3 is 0 Å². The summed E-state index contributed by atoms with van der Waals surface area (Å²) in [6.07, 6.45) is 0. The molecule has 0 aromatic heterocycles. The van der Waals surface area contributed by atoms with Gasteiger partial charge in [0.25, 0.3) is 0 Å². The molecule has 1 aromatic carbocycles. The molecule has 0 fully saturated rings. The van der Waals surface area contributed by atoms with E-state index in [9.17, 15) is 0 Å². The summed E-state index contributed by atoms with van der Waals surface area (Å²) in [5.41, 5.74) is 0.862. The van der Waals surface area contributed by atoms with Crippen molar-refractivity contribution < 1.29 is 0 Å². The van der Waals surface area contributed by atoms with Crippen molar-refractivity contribution >= 4 is 85.3 Å². The molecule has 0 saturated carbocycles. The first-order valence-electron chi connectivity index (χ1n) is 3.55. The van der Waals surface area contributed by atoms with Gasteiger partial charge in [-0.2, -0.15) is 0 Å². The summed E-state index contributed by atoms with van der Waals surface area (Å²) in [5.74, 6) is 0. The van der Waals surface area contributed by atoms with Crippen molar-refractivity contribution in [2.75, 3.05) is 0 Å². The van der Waals surface area contributed by atoms with Gasteiger partial charge >= 0.3 is 62.1 Å². The molecule has 0 aliphatic heterocycles. The fraction of sp³-hybridized carbons (Fsp3) is 0. The first-order valence-corrected chi connectivity index (χ1v) is 23.7. The molecule has 9 heteroatoms. The maximum atomic E-state index is 5.49. The van der Waals surface area contributed by atoms with Crippen molar-refractivity contribution in [3.05, 3.63) is 40.7 Å². The number of rotatable bonds is 1. The van der Waals surface area contributed by atoms with E-state index in [1.54, 1.807) is 0 Å². The molecule has 0 N–H and O–H groups in total. The van der Waals surface area contributed by atoms with Gasteiger partial charge in [0.2, 0.25) is 4.84 Å². The molecule has 94 valence electrons. The van der Waals surface area contributed by atoms with Crippen LogP contribution in [0.1, 0.15) is 5.56 Å². The van der Waals surface area contributed by atoms with Crippen LogP contribution in [-0.2, 0) is 0 Å². The molecule has 1 aromatic rings. The summed E-state index contributed by atoms with van der Waals surface area (Å²) in [6.45, 7) is 0. The zero-order valence-electron chi connectivity index (χ0n) is 7.36. The van der Waals surface area contributed by atoms with Gasteiger partial charge in [-0.25, -0.2) is 0 Å². The predicted octanol–water partition coefficient (Wildman–Crippen LogP) is 6.76. The second-order valence-electron chi connectivity index (χ2n) is 2.58. The average Bonchev–Trinajstić information content (AvgIpc) is 2.00. The van der Waals surface area contributed by atoms with Gasteiger partial charge in [-0.1, -0.05) is 0 Å². The molecule has 0 radical (unpaired) electrons. The molecule has 0 aliphatic carbocycles. The average molecular weight is 495 g/mol. The molecular formula is C7H5Cl8Sb. The van der Waals surface area contributed by atoms with Crippen molar-refractivity contribution in [1.29, 1.82) is 0 Å². The van der Waals surface area contributed by atoms with E-state index in [0.29, 0.717) is 4.84 Å². The summed E-state index contributed by atoms with van der Waals surface area (Å²) in [4.78, 5) is 0.315. The zero-order chi connectivity index (χ0) is 13.1. The Hall–Kier alpha value is 2.23. The number of benzene rings is 1. The predicted molar refractivity (Wildman–Crippen MR) is 81.4 cm³/mol. The summed E-state index contributed by atoms with van der Waals surface area (Å²) < 4.78 is 0. The first-order chi connectivity index (χ1) is 6.75. The molecule has 0 unspecified atom stereocenters. The van der Waals surface area contributed by atoms with E-state index in [1.165, 1.54) is 0 Å². The third-order valence-corrected chi connectivity index (χ3v) is 1.43. The molecule has 0 amide bonds. The van der Waals surface area contributed by atoms with Crippen molar-refractivity contribution in [3.8, 4) is 0 Å². The Labute approximate surface area is 124 Å². The number of hydrogen-bond acceptors (Lipinski definition) is 0. The first kappa shape index (κ1) is 18.2. The van der Waals surface area contributed by atoms with Crippen LogP contribution in [0.4, 0.5) is 0 Å². The Morgan fingerprint density at radius 1 is 0.750 bits per heavy atom. The van der Waals surface area contributed by atoms with Crippen LogP contribution < -0.4 is 0 Å². The van der Waals surface area contributed by atoms with E-state index >= 15 is 0 Å². The molecule has 0 bridgehead atoms. The van der Waals surface area contributed by atoms with E-state index < -0.39 is 9.14 Å². The van der Waals surface area contributed by atoms with E-state index in [0.717, 1.165) is 5.56 Å². The number of hydrogen-bond donors (Lipinski definition) is 0. The standard InChI is InChI=1S/C7H5Cl2.6ClH.Sb/c8-7(9)6-4-2-1-3-5-6;;;;;;;/h1-5H;6*1H;/q+1;;;;;;;+5/p-6. The van der Waals surface area contributed by atoms with Crippen LogP contribution in [0.15, 0.2) is 30.3 Å². The van der Waals surface area contributed by atoms with Gasteiger partial charge in [-0.3, -0.25) is 0 Å². The zero-order valence-corrected chi connectivity index (χ0v) is 16.0. The maximum absolute atomic E-state index is 5.49. The van der Waals surface area contributed by atoms with Crippen LogP contribution in [0.3, 0.4) is 0 Å². The van der Waals surface area contributed by atoms with E-state index in [-0.39, 0.29) is 0 Å². The van der Waals surface area contributed by atoms with Gasteiger partial charge in [-0.05, 0) is 18.2 Å². The fourth-order valence-corrected chi connectivity index (χ4v) is 0.816. The molecule has 16 heavy (non-hydrogen) atoms. The molecule has 0 saturated heterocycles. The summed E-state index contributed by atoms with van der Waals surface area (Å²) in [6, 6.07) is 9.41. The molecule has 1 rings (SSSR count). The fourth-order valence-electron chi connectivity index (χ4n) is 0.564. The van der Waals surface area contributed by atoms with Crippen molar-refractivity contribution in [1.82, 2.24) is 0 Å². The van der Waals surface area contributed by atoms with Crippen LogP contribution in [-0.4, -0.2) is 9.14 Å². The van der Waals surface area contributed by atoms with Crippen LogP contribution in [0.5, 0.6) is 0 Å². The van der Waals surface area contributed by atoms with Gasteiger partial charge in [0, 0.05) is 35.3 Å². The third-order valence-electron chi connectivity index (χ3n) is 0.992. The summed E-state index contributed by atoms with van der Waals surface area (Å²) >= 11 is 11.0. The summed E-state index contributed by atoms with van der Waals surface area (Å²) in [5, 5.41) is 0. The number of halogens is 8. The molecule has 0 aliphatic rings. The van der Waals surface area contributed by atoms with Crippen LogP contribution >= 0.6 is 76.2 Å². The Balaban J connectivity index is 0.000000293. The van der Waals surface area contributed by atoms with E-state index in [4.69, 9.17) is 76.2 Å². The molecule has 0 nitrogen and oxygen atoms in total. The Bertz CT molecular complexity index is 313. The SMILES string of the molecule is Cl[C+](Cl)c1ccccc1.[Cl][Sb-]([Cl])([Cl])([Cl])([Cl])[Cl]. The van der Waals surface area contributed by atoms with Gasteiger partial charge in [0.15, 0.2) is 5.56 Å². The Morgan fingerprint density at radius 3 is 1.25 bits per heavy atom. The summed E-state index contributed by atoms with van der Waals surface area (Å²) in [7, 11) is 25.0. The van der Waals surface area contributed by atoms with Crippen molar-refractivity contribution in [2.45, 2.75) is 0 Å². The molecule has 0 spiro atoms. The second kappa shape index (κ2) is 5.69. The monoisotopic (exact) mass is 490 g/mol. The van der Waals surface area contributed by atoms with Crippen LogP contribution in [0.2, 0.25) is 0 Å². The Kier molecular flexibility index (Phi) is 6.49. The van der Waals surface area contributed by atoms with Gasteiger partial charge in [0.05, 0.1) is 0 Å². The third kappa shape index (κ3) is 18.6. The van der Waals surface area contributed by atoms with Crippen molar-refractivity contribution in [3.63, 3.8) is 0 Å². The minimum absolute atomic E-state index is 0.315. The normalized spacial score (nSPS) is 15.2.